The molecule has 4 nitrogen and oxygen atoms in total. The summed E-state index contributed by atoms with van der Waals surface area (Å²) in [5.74, 6) is 1.23. The van der Waals surface area contributed by atoms with Crippen LogP contribution in [0.25, 0.3) is 0 Å². The summed E-state index contributed by atoms with van der Waals surface area (Å²) in [6.07, 6.45) is 1.58. The first-order valence-electron chi connectivity index (χ1n) is 5.80. The lowest BCUT2D eigenvalue weighted by Crippen LogP contribution is -2.30. The molecule has 0 saturated carbocycles. The van der Waals surface area contributed by atoms with Gasteiger partial charge < -0.3 is 14.1 Å². The fraction of sp³-hybridized carbons (Fsp3) is 0.214. The molecule has 0 fully saturated rings. The third-order valence-electron chi connectivity index (χ3n) is 2.57. The first kappa shape index (κ1) is 13.5. The Kier molecular flexibility index (Phi) is 4.47. The lowest BCUT2D eigenvalue weighted by molar-refractivity contribution is -0.132. The third kappa shape index (κ3) is 4.03. The van der Waals surface area contributed by atoms with Gasteiger partial charge in [0.25, 0.3) is 5.91 Å². The number of nitrogens with zero attached hydrogens (tertiary/aromatic N) is 1. The Morgan fingerprint density at radius 2 is 2.05 bits per heavy atom. The molecule has 100 valence electrons. The smallest absolute Gasteiger partial charge is 0.260 e. The summed E-state index contributed by atoms with van der Waals surface area (Å²) in [5.41, 5.74) is 0. The van der Waals surface area contributed by atoms with Gasteiger partial charge in [-0.2, -0.15) is 0 Å². The first-order valence-corrected chi connectivity index (χ1v) is 6.17. The van der Waals surface area contributed by atoms with E-state index >= 15 is 0 Å². The zero-order valence-electron chi connectivity index (χ0n) is 10.5. The summed E-state index contributed by atoms with van der Waals surface area (Å²) in [7, 11) is 1.70. The van der Waals surface area contributed by atoms with Crippen LogP contribution in [0.4, 0.5) is 0 Å². The Bertz CT molecular complexity index is 522. The van der Waals surface area contributed by atoms with Gasteiger partial charge >= 0.3 is 0 Å². The number of likely N-dealkylation sites (N-methyl/N-ethyl adjacent to an activating group) is 1. The highest BCUT2D eigenvalue weighted by atomic mass is 35.5. The second-order valence-corrected chi connectivity index (χ2v) is 4.51. The summed E-state index contributed by atoms with van der Waals surface area (Å²) < 4.78 is 10.6. The number of ether oxygens (including phenoxy) is 1. The number of furan rings is 1. The number of hydrogen-bond donors (Lipinski definition) is 0. The maximum absolute atomic E-state index is 11.8. The van der Waals surface area contributed by atoms with E-state index in [1.807, 2.05) is 6.07 Å². The van der Waals surface area contributed by atoms with Crippen LogP contribution in [0.1, 0.15) is 5.76 Å². The topological polar surface area (TPSA) is 42.7 Å². The van der Waals surface area contributed by atoms with Gasteiger partial charge in [-0.15, -0.1) is 0 Å². The van der Waals surface area contributed by atoms with Crippen LogP contribution < -0.4 is 4.74 Å². The Morgan fingerprint density at radius 3 is 2.68 bits per heavy atom. The molecule has 1 amide bonds. The Balaban J connectivity index is 1.82. The summed E-state index contributed by atoms with van der Waals surface area (Å²) in [4.78, 5) is 13.4. The standard InChI is InChI=1S/C14H14ClNO3/c1-16(9-13-3-2-8-18-13)14(17)10-19-12-6-4-11(15)5-7-12/h2-8H,9-10H2,1H3. The number of carbonyl (C=O) groups excluding carboxylic acids is 1. The molecule has 0 radical (unpaired) electrons. The molecule has 2 rings (SSSR count). The first-order chi connectivity index (χ1) is 9.15. The van der Waals surface area contributed by atoms with Gasteiger partial charge in [0.1, 0.15) is 11.5 Å². The van der Waals surface area contributed by atoms with Gasteiger partial charge in [-0.1, -0.05) is 11.6 Å². The van der Waals surface area contributed by atoms with Crippen LogP contribution in [0.2, 0.25) is 5.02 Å². The highest BCUT2D eigenvalue weighted by Crippen LogP contribution is 2.15. The van der Waals surface area contributed by atoms with Crippen molar-refractivity contribution in [2.45, 2.75) is 6.54 Å². The van der Waals surface area contributed by atoms with E-state index in [4.69, 9.17) is 20.8 Å². The quantitative estimate of drug-likeness (QED) is 0.845. The molecule has 0 bridgehead atoms. The monoisotopic (exact) mass is 279 g/mol. The van der Waals surface area contributed by atoms with Gasteiger partial charge in [-0.25, -0.2) is 0 Å². The summed E-state index contributed by atoms with van der Waals surface area (Å²) in [5, 5.41) is 0.633. The molecule has 1 aromatic carbocycles. The second-order valence-electron chi connectivity index (χ2n) is 4.07. The lowest BCUT2D eigenvalue weighted by Gasteiger charge is -2.16. The van der Waals surface area contributed by atoms with E-state index in [2.05, 4.69) is 0 Å². The van der Waals surface area contributed by atoms with Crippen LogP contribution in [-0.2, 0) is 11.3 Å². The normalized spacial score (nSPS) is 10.2. The highest BCUT2D eigenvalue weighted by molar-refractivity contribution is 6.30. The van der Waals surface area contributed by atoms with Crippen molar-refractivity contribution in [3.8, 4) is 5.75 Å². The van der Waals surface area contributed by atoms with Crippen molar-refractivity contribution >= 4 is 17.5 Å². The summed E-state index contributed by atoms with van der Waals surface area (Å²) in [6.45, 7) is 0.411. The van der Waals surface area contributed by atoms with E-state index in [-0.39, 0.29) is 12.5 Å². The van der Waals surface area contributed by atoms with E-state index in [1.165, 1.54) is 0 Å². The summed E-state index contributed by atoms with van der Waals surface area (Å²) in [6, 6.07) is 10.5. The minimum Gasteiger partial charge on any atom is -0.484 e. The molecule has 0 aliphatic heterocycles. The van der Waals surface area contributed by atoms with Gasteiger partial charge in [-0.3, -0.25) is 4.79 Å². The maximum atomic E-state index is 11.8. The largest absolute Gasteiger partial charge is 0.484 e. The average molecular weight is 280 g/mol. The second kappa shape index (κ2) is 6.29. The SMILES string of the molecule is CN(Cc1ccco1)C(=O)COc1ccc(Cl)cc1. The Morgan fingerprint density at radius 1 is 1.32 bits per heavy atom. The molecule has 1 aromatic heterocycles. The third-order valence-corrected chi connectivity index (χ3v) is 2.83. The predicted octanol–water partition coefficient (Wildman–Crippen LogP) is 2.97. The minimum absolute atomic E-state index is 0.0150. The van der Waals surface area contributed by atoms with Crippen LogP contribution in [0.5, 0.6) is 5.75 Å². The zero-order valence-corrected chi connectivity index (χ0v) is 11.3. The maximum Gasteiger partial charge on any atom is 0.260 e. The van der Waals surface area contributed by atoms with Crippen molar-refractivity contribution in [1.82, 2.24) is 4.90 Å². The van der Waals surface area contributed by atoms with E-state index in [0.717, 1.165) is 5.76 Å². The number of halogens is 1. The molecule has 0 aliphatic carbocycles. The molecule has 0 N–H and O–H groups in total. The molecule has 1 heterocycles. The van der Waals surface area contributed by atoms with E-state index in [1.54, 1.807) is 48.5 Å². The fourth-order valence-electron chi connectivity index (χ4n) is 1.51. The highest BCUT2D eigenvalue weighted by Gasteiger charge is 2.11. The minimum atomic E-state index is -0.119. The van der Waals surface area contributed by atoms with E-state index in [9.17, 15) is 4.79 Å². The lowest BCUT2D eigenvalue weighted by atomic mass is 10.3. The van der Waals surface area contributed by atoms with Crippen molar-refractivity contribution in [2.75, 3.05) is 13.7 Å². The Labute approximate surface area is 116 Å². The van der Waals surface area contributed by atoms with Crippen LogP contribution in [-0.4, -0.2) is 24.5 Å². The number of carbonyl (C=O) groups is 1. The van der Waals surface area contributed by atoms with Gasteiger partial charge in [0, 0.05) is 12.1 Å². The van der Waals surface area contributed by atoms with Crippen molar-refractivity contribution in [1.29, 1.82) is 0 Å². The van der Waals surface area contributed by atoms with Gasteiger partial charge in [0.15, 0.2) is 6.61 Å². The molecule has 0 atom stereocenters. The average Bonchev–Trinajstić information content (AvgIpc) is 2.90. The molecule has 5 heteroatoms. The number of benzene rings is 1. The van der Waals surface area contributed by atoms with Crippen molar-refractivity contribution in [2.24, 2.45) is 0 Å². The summed E-state index contributed by atoms with van der Waals surface area (Å²) >= 11 is 5.76. The van der Waals surface area contributed by atoms with Crippen molar-refractivity contribution in [3.05, 3.63) is 53.4 Å². The fourth-order valence-corrected chi connectivity index (χ4v) is 1.64. The predicted molar refractivity (Wildman–Crippen MR) is 72.1 cm³/mol. The zero-order chi connectivity index (χ0) is 13.7. The van der Waals surface area contributed by atoms with Gasteiger partial charge in [0.05, 0.1) is 12.8 Å². The number of hydrogen-bond acceptors (Lipinski definition) is 3. The molecular weight excluding hydrogens is 266 g/mol. The van der Waals surface area contributed by atoms with Gasteiger partial charge in [0.2, 0.25) is 0 Å². The van der Waals surface area contributed by atoms with Crippen LogP contribution >= 0.6 is 11.6 Å². The number of rotatable bonds is 5. The van der Waals surface area contributed by atoms with Crippen molar-refractivity contribution < 1.29 is 13.9 Å². The van der Waals surface area contributed by atoms with E-state index < -0.39 is 0 Å². The Hall–Kier alpha value is -1.94. The molecule has 0 unspecified atom stereocenters. The molecular formula is C14H14ClNO3. The van der Waals surface area contributed by atoms with Crippen LogP contribution in [0, 0.1) is 0 Å². The molecule has 0 saturated heterocycles. The molecule has 0 aliphatic rings. The van der Waals surface area contributed by atoms with Gasteiger partial charge in [-0.05, 0) is 36.4 Å². The molecule has 0 spiro atoms. The van der Waals surface area contributed by atoms with Crippen LogP contribution in [0.15, 0.2) is 47.1 Å². The number of amides is 1. The van der Waals surface area contributed by atoms with Crippen LogP contribution in [0.3, 0.4) is 0 Å². The molecule has 19 heavy (non-hydrogen) atoms. The molecule has 2 aromatic rings. The van der Waals surface area contributed by atoms with E-state index in [0.29, 0.717) is 17.3 Å². The van der Waals surface area contributed by atoms with Crippen molar-refractivity contribution in [3.63, 3.8) is 0 Å².